The maximum atomic E-state index is 7.96. The van der Waals surface area contributed by atoms with Gasteiger partial charge in [0, 0.05) is 140 Å². The number of rotatable bonds is 12. The normalized spacial score (nSPS) is 12.5. The summed E-state index contributed by atoms with van der Waals surface area (Å²) in [5.74, 6) is 0.663. The predicted molar refractivity (Wildman–Crippen MR) is 609 cm³/mol. The smallest absolute Gasteiger partial charge is 0.216 e. The fourth-order valence-corrected chi connectivity index (χ4v) is 27.6. The highest BCUT2D eigenvalue weighted by molar-refractivity contribution is 6.90. The summed E-state index contributed by atoms with van der Waals surface area (Å²) >= 11 is 0. The molecule has 0 atom stereocenters. The Kier molecular flexibility index (Phi) is 26.7. The number of pyridine rings is 4. The Bertz CT molecular complexity index is 8850. The molecule has 8 heterocycles. The number of aryl methyl sites for hydroxylation is 10. The van der Waals surface area contributed by atoms with E-state index in [-0.39, 0.29) is 0 Å². The van der Waals surface area contributed by atoms with Crippen molar-refractivity contribution < 1.29 is 35.9 Å². The van der Waals surface area contributed by atoms with E-state index in [0.717, 1.165) is 182 Å². The first-order chi connectivity index (χ1) is 68.7. The van der Waals surface area contributed by atoms with Gasteiger partial charge in [-0.05, 0) is 171 Å². The maximum Gasteiger partial charge on any atom is 0.216 e. The quantitative estimate of drug-likeness (QED) is 0.0693. The topological polar surface area (TPSA) is 85.5 Å². The largest absolute Gasteiger partial charge is 0.456 e. The lowest BCUT2D eigenvalue weighted by Crippen LogP contribution is -2.49. The van der Waals surface area contributed by atoms with Crippen molar-refractivity contribution in [1.29, 1.82) is 0 Å². The number of hydrogen-bond donors (Lipinski definition) is 0. The summed E-state index contributed by atoms with van der Waals surface area (Å²) in [7, 11) is 4.11. The van der Waals surface area contributed by atoms with Gasteiger partial charge in [0.2, 0.25) is 45.5 Å². The Balaban J connectivity index is 0.000000126. The zero-order chi connectivity index (χ0) is 103. The van der Waals surface area contributed by atoms with Crippen molar-refractivity contribution in [2.75, 3.05) is 0 Å². The van der Waals surface area contributed by atoms with Crippen LogP contribution in [-0.4, -0.2) is 24.2 Å². The second-order valence-electron chi connectivity index (χ2n) is 43.2. The third-order valence-corrected chi connectivity index (χ3v) is 37.1. The van der Waals surface area contributed by atoms with Crippen molar-refractivity contribution in [3.63, 3.8) is 0 Å². The molecule has 144 heavy (non-hydrogen) atoms. The molecule has 0 aliphatic heterocycles. The molecule has 0 saturated heterocycles. The highest BCUT2D eigenvalue weighted by Gasteiger charge is 2.37. The van der Waals surface area contributed by atoms with E-state index in [0.29, 0.717) is 28.7 Å². The number of hydrogen-bond acceptors (Lipinski definition) is 4. The van der Waals surface area contributed by atoms with Crippen LogP contribution in [0.2, 0.25) is 58.9 Å². The SMILES string of the molecule is [C-]#[N+]c1c(C)cc2c(oc3c(-c4cc(C)c(C5CCCCC5)c(C)[n+]4C)c(C)ccc32)c1-c1ccccc1.[C-]#[N+]c1c(C)cc2c(oc3c(-c4cc([Si](C)(C)C)c(C)c(C)[n+]4C)c(C)ccc32)c1-c1ccccc1.[C-]#[N+]c1c(C)cc2c(oc3c(-c4cc([Si](C)(C)C)cc(C)[n+]4C)c(C)ccc32)c1-c1ccccc1.[C-]#[N+]c1c(C)cc2c(oc3c(-c4ccc([Si](C)(C)C)c(C)[n+]4C)c(C)ccc32)c1-c1ccccc1. The van der Waals surface area contributed by atoms with E-state index in [9.17, 15) is 0 Å². The van der Waals surface area contributed by atoms with E-state index in [1.54, 1.807) is 0 Å². The lowest BCUT2D eigenvalue weighted by atomic mass is 9.81. The lowest BCUT2D eigenvalue weighted by molar-refractivity contribution is -0.667. The van der Waals surface area contributed by atoms with Gasteiger partial charge in [-0.2, -0.15) is 18.3 Å². The maximum absolute atomic E-state index is 7.96. The van der Waals surface area contributed by atoms with Crippen molar-refractivity contribution in [1.82, 2.24) is 0 Å². The van der Waals surface area contributed by atoms with Gasteiger partial charge >= 0.3 is 0 Å². The zero-order valence-electron chi connectivity index (χ0n) is 88.8. The van der Waals surface area contributed by atoms with E-state index < -0.39 is 24.2 Å². The first kappa shape index (κ1) is 99.2. The van der Waals surface area contributed by atoms with E-state index in [1.807, 2.05) is 100 Å². The van der Waals surface area contributed by atoms with Gasteiger partial charge in [0.15, 0.2) is 22.8 Å². The molecule has 12 nitrogen and oxygen atoms in total. The Morgan fingerprint density at radius 2 is 0.556 bits per heavy atom. The van der Waals surface area contributed by atoms with Crippen molar-refractivity contribution in [2.45, 2.75) is 194 Å². The minimum absolute atomic E-state index is 0.655. The van der Waals surface area contributed by atoms with Crippen LogP contribution in [0.1, 0.15) is 122 Å². The average molecular weight is 1940 g/mol. The van der Waals surface area contributed by atoms with Gasteiger partial charge in [-0.25, -0.2) is 19.4 Å². The minimum atomic E-state index is -1.56. The van der Waals surface area contributed by atoms with E-state index >= 15 is 0 Å². The monoisotopic (exact) mass is 1940 g/mol. The number of benzene rings is 12. The van der Waals surface area contributed by atoms with Crippen molar-refractivity contribution in [2.24, 2.45) is 28.2 Å². The summed E-state index contributed by atoms with van der Waals surface area (Å²) in [6.07, 6.45) is 6.63. The molecular weight excluding hydrogens is 1810 g/mol. The van der Waals surface area contributed by atoms with Crippen LogP contribution in [0.25, 0.3) is 197 Å². The third kappa shape index (κ3) is 17.5. The summed E-state index contributed by atoms with van der Waals surface area (Å²) in [5.41, 5.74) is 44.3. The van der Waals surface area contributed by atoms with Crippen LogP contribution in [0.4, 0.5) is 22.7 Å². The molecule has 15 heteroatoms. The summed E-state index contributed by atoms with van der Waals surface area (Å²) in [6, 6.07) is 80.6. The van der Waals surface area contributed by atoms with Gasteiger partial charge < -0.3 is 17.7 Å². The number of aromatic nitrogens is 4. The fraction of sp³-hybridized carbons (Fsp3) is 0.256. The highest BCUT2D eigenvalue weighted by Crippen LogP contribution is 2.53. The molecule has 1 fully saturated rings. The van der Waals surface area contributed by atoms with Crippen LogP contribution in [-0.2, 0) is 28.2 Å². The lowest BCUT2D eigenvalue weighted by Gasteiger charge is -2.24. The van der Waals surface area contributed by atoms with Crippen molar-refractivity contribution in [3.05, 3.63) is 360 Å². The molecule has 718 valence electrons. The Morgan fingerprint density at radius 3 is 0.875 bits per heavy atom. The predicted octanol–water partition coefficient (Wildman–Crippen LogP) is 33.2. The summed E-state index contributed by atoms with van der Waals surface area (Å²) < 4.78 is 36.4. The highest BCUT2D eigenvalue weighted by atomic mass is 28.3. The van der Waals surface area contributed by atoms with E-state index in [4.69, 9.17) is 44.0 Å². The van der Waals surface area contributed by atoms with Crippen LogP contribution >= 0.6 is 0 Å². The summed E-state index contributed by atoms with van der Waals surface area (Å²) in [5, 5.41) is 13.0. The second-order valence-corrected chi connectivity index (χ2v) is 58.4. The van der Waals surface area contributed by atoms with Gasteiger partial charge in [0.1, 0.15) is 72.9 Å². The Hall–Kier alpha value is -14.9. The van der Waals surface area contributed by atoms with Crippen LogP contribution in [0.3, 0.4) is 0 Å². The molecule has 0 radical (unpaired) electrons. The molecule has 1 saturated carbocycles. The number of furan rings is 4. The number of fused-ring (bicyclic) bond motifs is 12. The fourth-order valence-electron chi connectivity index (χ4n) is 22.7. The average Bonchev–Trinajstić information content (AvgIpc) is 1.59. The third-order valence-electron chi connectivity index (χ3n) is 30.8. The molecule has 12 aromatic carbocycles. The molecule has 1 aliphatic carbocycles. The molecule has 0 bridgehead atoms. The van der Waals surface area contributed by atoms with Gasteiger partial charge in [-0.15, -0.1) is 0 Å². The van der Waals surface area contributed by atoms with Gasteiger partial charge in [0.05, 0.1) is 72.8 Å². The summed E-state index contributed by atoms with van der Waals surface area (Å²) in [4.78, 5) is 15.7. The first-order valence-corrected chi connectivity index (χ1v) is 60.9. The second kappa shape index (κ2) is 38.7. The summed E-state index contributed by atoms with van der Waals surface area (Å²) in [6.45, 7) is 83.5. The molecule has 0 N–H and O–H groups in total. The van der Waals surface area contributed by atoms with Gasteiger partial charge in [-0.3, -0.25) is 0 Å². The van der Waals surface area contributed by atoms with Gasteiger partial charge in [-0.1, -0.05) is 278 Å². The molecular formula is C129H130N8O4Si3+4. The Morgan fingerprint density at radius 1 is 0.257 bits per heavy atom. The van der Waals surface area contributed by atoms with Crippen molar-refractivity contribution in [3.8, 4) is 89.5 Å². The molecule has 1 aliphatic rings. The van der Waals surface area contributed by atoms with Crippen LogP contribution in [0, 0.1) is 123 Å². The molecule has 0 amide bonds. The Labute approximate surface area is 851 Å². The molecule has 0 unspecified atom stereocenters. The van der Waals surface area contributed by atoms with Crippen LogP contribution < -0.4 is 33.8 Å². The van der Waals surface area contributed by atoms with Crippen molar-refractivity contribution >= 4 is 150 Å². The standard InChI is InChI=1S/C35H35N2O.C32H33N2OSi.2C31H31N2OSi/c1-21-17-18-27-28-19-23(3)33(36-5)32(26-15-11-8-12-16-26)35(28)38-34(27)31(21)29-20-22(2)30(24(4)37(29)6)25-13-9-7-10-14-25;1-19-15-16-24-25-17-20(2)30(33-5)29(23-13-11-10-12-14-23)32(25)35-31(24)28(19)26-18-27(36(7,8)9)21(3)22(4)34(26)6;1-19-14-15-24-25-16-20(2)29(32-4)28(22-12-10-9-11-13-22)31(25)34-30(24)27(19)26-18-23(35(6,7)8)17-21(3)33(26)5;1-19-14-15-23-24-18-20(2)29(32-4)28(22-12-10-9-11-13-22)31(24)34-30(23)27(19)25-16-17-26(35(6,7)8)21(3)33(25)5/h8,11-12,15-20,25H,7,9-10,13-14H2,1-4,6H3;10-18H,1-4,6-9H3;2*9-18H,1-3,5-8H3/q4*+1. The van der Waals surface area contributed by atoms with Crippen LogP contribution in [0.15, 0.2) is 248 Å². The zero-order valence-corrected chi connectivity index (χ0v) is 91.8. The van der Waals surface area contributed by atoms with E-state index in [2.05, 4.69) is 352 Å². The van der Waals surface area contributed by atoms with Crippen LogP contribution in [0.5, 0.6) is 0 Å². The number of nitrogens with zero attached hydrogens (tertiary/aromatic N) is 8. The molecule has 20 aromatic rings. The minimum Gasteiger partial charge on any atom is -0.456 e. The van der Waals surface area contributed by atoms with E-state index in [1.165, 1.54) is 126 Å². The molecule has 0 spiro atoms. The molecule has 21 rings (SSSR count). The van der Waals surface area contributed by atoms with Gasteiger partial charge in [0.25, 0.3) is 0 Å². The first-order valence-electron chi connectivity index (χ1n) is 50.4. The molecule has 8 aromatic heterocycles.